The number of anilines is 1. The topological polar surface area (TPSA) is 50.4 Å². The van der Waals surface area contributed by atoms with Gasteiger partial charge in [-0.1, -0.05) is 15.9 Å². The molecule has 1 aliphatic carbocycles. The van der Waals surface area contributed by atoms with Crippen molar-refractivity contribution in [3.63, 3.8) is 0 Å². The molecule has 1 amide bonds. The monoisotopic (exact) mass is 368 g/mol. The molecule has 2 unspecified atom stereocenters. The summed E-state index contributed by atoms with van der Waals surface area (Å²) in [6, 6.07) is 6.88. The molecule has 0 aromatic heterocycles. The van der Waals surface area contributed by atoms with E-state index >= 15 is 0 Å². The third kappa shape index (κ3) is 5.52. The van der Waals surface area contributed by atoms with Crippen molar-refractivity contribution in [2.24, 2.45) is 0 Å². The van der Waals surface area contributed by atoms with Gasteiger partial charge in [0.15, 0.2) is 0 Å². The highest BCUT2D eigenvalue weighted by atomic mass is 79.9. The molecule has 4 nitrogen and oxygen atoms in total. The Hall–Kier alpha value is -1.23. The fraction of sp³-hybridized carbons (Fsp3) is 0.588. The first-order chi connectivity index (χ1) is 10.2. The molecule has 0 heterocycles. The lowest BCUT2D eigenvalue weighted by atomic mass is 10.2. The Labute approximate surface area is 141 Å². The average molecular weight is 369 g/mol. The predicted molar refractivity (Wildman–Crippen MR) is 93.3 cm³/mol. The maximum atomic E-state index is 11.8. The molecule has 0 radical (unpaired) electrons. The number of carbonyl (C=O) groups excluding carboxylic acids is 1. The molecule has 1 saturated carbocycles. The van der Waals surface area contributed by atoms with Crippen LogP contribution in [0.4, 0.5) is 10.5 Å². The molecule has 0 saturated heterocycles. The molecule has 2 atom stereocenters. The van der Waals surface area contributed by atoms with Crippen LogP contribution in [0, 0.1) is 6.92 Å². The number of rotatable bonds is 3. The minimum Gasteiger partial charge on any atom is -0.444 e. The Morgan fingerprint density at radius 3 is 2.55 bits per heavy atom. The highest BCUT2D eigenvalue weighted by Crippen LogP contribution is 2.26. The summed E-state index contributed by atoms with van der Waals surface area (Å²) in [6.45, 7) is 7.71. The van der Waals surface area contributed by atoms with E-state index in [1.807, 2.05) is 20.8 Å². The van der Waals surface area contributed by atoms with Gasteiger partial charge in [0.2, 0.25) is 0 Å². The van der Waals surface area contributed by atoms with Crippen molar-refractivity contribution in [1.29, 1.82) is 0 Å². The van der Waals surface area contributed by atoms with E-state index in [2.05, 4.69) is 51.7 Å². The van der Waals surface area contributed by atoms with Gasteiger partial charge < -0.3 is 15.4 Å². The number of halogens is 1. The highest BCUT2D eigenvalue weighted by molar-refractivity contribution is 9.10. The van der Waals surface area contributed by atoms with Crippen LogP contribution < -0.4 is 10.6 Å². The van der Waals surface area contributed by atoms with Gasteiger partial charge in [0.1, 0.15) is 5.60 Å². The van der Waals surface area contributed by atoms with Gasteiger partial charge in [0.25, 0.3) is 0 Å². The van der Waals surface area contributed by atoms with Crippen LogP contribution in [0.15, 0.2) is 22.7 Å². The van der Waals surface area contributed by atoms with Crippen molar-refractivity contribution in [1.82, 2.24) is 5.32 Å². The van der Waals surface area contributed by atoms with E-state index in [0.717, 1.165) is 29.4 Å². The first kappa shape index (κ1) is 17.1. The Balaban J connectivity index is 1.84. The molecule has 2 rings (SSSR count). The minimum absolute atomic E-state index is 0.181. The second-order valence-corrected chi connectivity index (χ2v) is 7.93. The van der Waals surface area contributed by atoms with Crippen LogP contribution >= 0.6 is 15.9 Å². The van der Waals surface area contributed by atoms with Gasteiger partial charge in [-0.05, 0) is 70.7 Å². The molecule has 2 N–H and O–H groups in total. The number of amides is 1. The van der Waals surface area contributed by atoms with Gasteiger partial charge in [0.05, 0.1) is 0 Å². The SMILES string of the molecule is Cc1cc(Br)cc(NC2CCC(NC(=O)OC(C)(C)C)C2)c1. The Bertz CT molecular complexity index is 520. The molecule has 22 heavy (non-hydrogen) atoms. The zero-order valence-electron chi connectivity index (χ0n) is 13.7. The van der Waals surface area contributed by atoms with Crippen LogP contribution in [0.25, 0.3) is 0 Å². The third-order valence-corrected chi connectivity index (χ3v) is 4.02. The summed E-state index contributed by atoms with van der Waals surface area (Å²) in [4.78, 5) is 11.8. The molecule has 5 heteroatoms. The van der Waals surface area contributed by atoms with Crippen molar-refractivity contribution >= 4 is 27.7 Å². The average Bonchev–Trinajstić information content (AvgIpc) is 2.71. The Morgan fingerprint density at radius 1 is 1.23 bits per heavy atom. The summed E-state index contributed by atoms with van der Waals surface area (Å²) in [5, 5.41) is 6.52. The maximum Gasteiger partial charge on any atom is 0.407 e. The zero-order valence-corrected chi connectivity index (χ0v) is 15.3. The van der Waals surface area contributed by atoms with Crippen LogP contribution in [0.3, 0.4) is 0 Å². The van der Waals surface area contributed by atoms with Crippen LogP contribution in [-0.4, -0.2) is 23.8 Å². The standard InChI is InChI=1S/C17H25BrN2O2/c1-11-7-12(18)9-15(8-11)19-13-5-6-14(10-13)20-16(21)22-17(2,3)4/h7-9,13-14,19H,5-6,10H2,1-4H3,(H,20,21). The molecule has 1 aromatic carbocycles. The van der Waals surface area contributed by atoms with Gasteiger partial charge in [0, 0.05) is 22.2 Å². The molecule has 1 aliphatic rings. The molecular weight excluding hydrogens is 344 g/mol. The van der Waals surface area contributed by atoms with E-state index in [1.54, 1.807) is 0 Å². The van der Waals surface area contributed by atoms with E-state index < -0.39 is 5.60 Å². The Kier molecular flexibility index (Phi) is 5.37. The third-order valence-electron chi connectivity index (χ3n) is 3.57. The summed E-state index contributed by atoms with van der Waals surface area (Å²) < 4.78 is 6.39. The van der Waals surface area contributed by atoms with Crippen LogP contribution in [0.1, 0.15) is 45.6 Å². The number of carbonyl (C=O) groups is 1. The summed E-state index contributed by atoms with van der Waals surface area (Å²) in [7, 11) is 0. The van der Waals surface area contributed by atoms with Crippen molar-refractivity contribution in [2.75, 3.05) is 5.32 Å². The fourth-order valence-corrected chi connectivity index (χ4v) is 3.38. The van der Waals surface area contributed by atoms with Gasteiger partial charge in [-0.15, -0.1) is 0 Å². The van der Waals surface area contributed by atoms with E-state index in [0.29, 0.717) is 6.04 Å². The van der Waals surface area contributed by atoms with E-state index in [9.17, 15) is 4.79 Å². The van der Waals surface area contributed by atoms with Gasteiger partial charge in [-0.2, -0.15) is 0 Å². The second kappa shape index (κ2) is 6.90. The molecule has 0 spiro atoms. The molecule has 0 bridgehead atoms. The fourth-order valence-electron chi connectivity index (χ4n) is 2.77. The molecule has 1 fully saturated rings. The van der Waals surface area contributed by atoms with E-state index in [1.165, 1.54) is 5.56 Å². The predicted octanol–water partition coefficient (Wildman–Crippen LogP) is 4.62. The Morgan fingerprint density at radius 2 is 1.91 bits per heavy atom. The first-order valence-electron chi connectivity index (χ1n) is 7.74. The molecular formula is C17H25BrN2O2. The first-order valence-corrected chi connectivity index (χ1v) is 8.54. The summed E-state index contributed by atoms with van der Waals surface area (Å²) in [6.07, 6.45) is 2.62. The molecule has 1 aromatic rings. The summed E-state index contributed by atoms with van der Waals surface area (Å²) >= 11 is 3.52. The lowest BCUT2D eigenvalue weighted by molar-refractivity contribution is 0.0505. The van der Waals surface area contributed by atoms with Gasteiger partial charge >= 0.3 is 6.09 Å². The molecule has 0 aliphatic heterocycles. The number of aryl methyl sites for hydroxylation is 1. The summed E-state index contributed by atoms with van der Waals surface area (Å²) in [5.41, 5.74) is 1.89. The zero-order chi connectivity index (χ0) is 16.3. The lowest BCUT2D eigenvalue weighted by Gasteiger charge is -2.22. The lowest BCUT2D eigenvalue weighted by Crippen LogP contribution is -2.38. The van der Waals surface area contributed by atoms with Gasteiger partial charge in [-0.3, -0.25) is 0 Å². The number of nitrogens with one attached hydrogen (secondary N) is 2. The normalized spacial score (nSPS) is 21.5. The number of ether oxygens (including phenoxy) is 1. The van der Waals surface area contributed by atoms with Crippen LogP contribution in [0.2, 0.25) is 0 Å². The van der Waals surface area contributed by atoms with Crippen molar-refractivity contribution in [3.8, 4) is 0 Å². The highest BCUT2D eigenvalue weighted by Gasteiger charge is 2.27. The largest absolute Gasteiger partial charge is 0.444 e. The number of hydrogen-bond acceptors (Lipinski definition) is 3. The van der Waals surface area contributed by atoms with Gasteiger partial charge in [-0.25, -0.2) is 4.79 Å². The number of benzene rings is 1. The smallest absolute Gasteiger partial charge is 0.407 e. The number of hydrogen-bond donors (Lipinski definition) is 2. The van der Waals surface area contributed by atoms with Crippen molar-refractivity contribution < 1.29 is 9.53 Å². The number of alkyl carbamates (subject to hydrolysis) is 1. The van der Waals surface area contributed by atoms with Crippen molar-refractivity contribution in [3.05, 3.63) is 28.2 Å². The second-order valence-electron chi connectivity index (χ2n) is 7.01. The van der Waals surface area contributed by atoms with Crippen molar-refractivity contribution in [2.45, 2.75) is 64.6 Å². The minimum atomic E-state index is -0.450. The van der Waals surface area contributed by atoms with E-state index in [-0.39, 0.29) is 12.1 Å². The summed E-state index contributed by atoms with van der Waals surface area (Å²) in [5.74, 6) is 0. The van der Waals surface area contributed by atoms with Crippen LogP contribution in [-0.2, 0) is 4.74 Å². The maximum absolute atomic E-state index is 11.8. The van der Waals surface area contributed by atoms with E-state index in [4.69, 9.17) is 4.74 Å². The van der Waals surface area contributed by atoms with Crippen LogP contribution in [0.5, 0.6) is 0 Å². The molecule has 122 valence electrons. The quantitative estimate of drug-likeness (QED) is 0.818.